The molecule has 9 rings (SSSR count). The van der Waals surface area contributed by atoms with Crippen molar-refractivity contribution in [3.63, 3.8) is 0 Å². The Balaban J connectivity index is 1.25. The normalized spacial score (nSPS) is 21.0. The minimum atomic E-state index is -0.537. The molecule has 0 spiro atoms. The van der Waals surface area contributed by atoms with Gasteiger partial charge in [-0.3, -0.25) is 0 Å². The molecule has 52 heavy (non-hydrogen) atoms. The molecule has 3 atom stereocenters. The van der Waals surface area contributed by atoms with E-state index in [2.05, 4.69) is 141 Å². The first-order chi connectivity index (χ1) is 25.5. The third kappa shape index (κ3) is 5.02. The van der Waals surface area contributed by atoms with E-state index in [1.54, 1.807) is 12.1 Å². The summed E-state index contributed by atoms with van der Waals surface area (Å²) in [4.78, 5) is 15.2. The van der Waals surface area contributed by atoms with Gasteiger partial charge in [0.15, 0.2) is 17.5 Å². The van der Waals surface area contributed by atoms with Crippen molar-refractivity contribution in [2.75, 3.05) is 0 Å². The summed E-state index contributed by atoms with van der Waals surface area (Å²) in [5.41, 5.74) is 8.32. The highest BCUT2D eigenvalue weighted by molar-refractivity contribution is 5.73. The quantitative estimate of drug-likeness (QED) is 0.182. The molecule has 1 aromatic heterocycles. The van der Waals surface area contributed by atoms with Crippen LogP contribution in [-0.4, -0.2) is 15.0 Å². The predicted molar refractivity (Wildman–Crippen MR) is 207 cm³/mol. The van der Waals surface area contributed by atoms with Crippen LogP contribution >= 0.6 is 0 Å². The maximum Gasteiger partial charge on any atom is 0.164 e. The van der Waals surface area contributed by atoms with Crippen molar-refractivity contribution in [3.05, 3.63) is 179 Å². The van der Waals surface area contributed by atoms with E-state index in [-0.39, 0.29) is 5.41 Å². The fourth-order valence-electron chi connectivity index (χ4n) is 8.41. The van der Waals surface area contributed by atoms with Crippen LogP contribution in [0.2, 0.25) is 0 Å². The minimum absolute atomic E-state index is 0.291. The van der Waals surface area contributed by atoms with Gasteiger partial charge in [0.25, 0.3) is 0 Å². The summed E-state index contributed by atoms with van der Waals surface area (Å²) in [6.07, 6.45) is 15.2. The topological polar surface area (TPSA) is 71.7 Å². The molecule has 5 aromatic carbocycles. The number of hydrogen-bond acceptors (Lipinski definition) is 5. The van der Waals surface area contributed by atoms with Gasteiger partial charge in [-0.2, -0.15) is 5.26 Å². The molecule has 0 saturated carbocycles. The first-order valence-electron chi connectivity index (χ1n) is 17.9. The van der Waals surface area contributed by atoms with Crippen molar-refractivity contribution in [2.24, 2.45) is 5.41 Å². The third-order valence-corrected chi connectivity index (χ3v) is 11.0. The average Bonchev–Trinajstić information content (AvgIpc) is 3.20. The number of nitriles is 1. The highest BCUT2D eigenvalue weighted by Crippen LogP contribution is 2.62. The lowest BCUT2D eigenvalue weighted by Crippen LogP contribution is -2.46. The van der Waals surface area contributed by atoms with Gasteiger partial charge < -0.3 is 4.74 Å². The summed E-state index contributed by atoms with van der Waals surface area (Å²) < 4.78 is 6.83. The van der Waals surface area contributed by atoms with Crippen molar-refractivity contribution in [2.45, 2.75) is 38.0 Å². The van der Waals surface area contributed by atoms with Gasteiger partial charge in [-0.05, 0) is 77.9 Å². The van der Waals surface area contributed by atoms with Crippen LogP contribution in [0.4, 0.5) is 0 Å². The Hall–Kier alpha value is -6.38. The molecule has 0 N–H and O–H groups in total. The van der Waals surface area contributed by atoms with Crippen LogP contribution < -0.4 is 4.74 Å². The molecule has 5 nitrogen and oxygen atoms in total. The molecular weight excluding hydrogens is 637 g/mol. The number of hydrogen-bond donors (Lipinski definition) is 0. The smallest absolute Gasteiger partial charge is 0.164 e. The van der Waals surface area contributed by atoms with Gasteiger partial charge in [0.05, 0.1) is 17.0 Å². The number of benzene rings is 5. The largest absolute Gasteiger partial charge is 0.457 e. The first kappa shape index (κ1) is 31.6. The van der Waals surface area contributed by atoms with Crippen LogP contribution in [0.1, 0.15) is 66.0 Å². The summed E-state index contributed by atoms with van der Waals surface area (Å²) in [6.45, 7) is 4.62. The monoisotopic (exact) mass is 672 g/mol. The summed E-state index contributed by atoms with van der Waals surface area (Å²) in [5.74, 6) is 3.72. The van der Waals surface area contributed by atoms with E-state index in [0.717, 1.165) is 52.2 Å². The molecule has 0 bridgehead atoms. The average molecular weight is 673 g/mol. The summed E-state index contributed by atoms with van der Waals surface area (Å²) >= 11 is 0. The summed E-state index contributed by atoms with van der Waals surface area (Å²) in [7, 11) is 0. The third-order valence-electron chi connectivity index (χ3n) is 11.0. The van der Waals surface area contributed by atoms with Crippen LogP contribution in [0.5, 0.6) is 11.5 Å². The zero-order chi connectivity index (χ0) is 35.3. The highest BCUT2D eigenvalue weighted by atomic mass is 16.5. The molecule has 250 valence electrons. The summed E-state index contributed by atoms with van der Waals surface area (Å²) in [5, 5.41) is 9.45. The molecule has 0 radical (unpaired) electrons. The van der Waals surface area contributed by atoms with E-state index in [1.165, 1.54) is 16.7 Å². The van der Waals surface area contributed by atoms with Gasteiger partial charge in [0.1, 0.15) is 11.5 Å². The van der Waals surface area contributed by atoms with Crippen molar-refractivity contribution in [1.29, 1.82) is 5.26 Å². The number of nitrogens with zero attached hydrogens (tertiary/aromatic N) is 4. The van der Waals surface area contributed by atoms with E-state index in [9.17, 15) is 5.26 Å². The van der Waals surface area contributed by atoms with Gasteiger partial charge in [-0.15, -0.1) is 0 Å². The fraction of sp³-hybridized carbons (Fsp3) is 0.149. The Morgan fingerprint density at radius 1 is 0.692 bits per heavy atom. The molecule has 1 aliphatic heterocycles. The van der Waals surface area contributed by atoms with Crippen molar-refractivity contribution >= 4 is 6.08 Å². The Morgan fingerprint density at radius 2 is 1.37 bits per heavy atom. The number of ether oxygens (including phenoxy) is 1. The number of aromatic nitrogens is 3. The standard InChI is InChI=1S/C47H36N4O/c1-31-12-11-13-33-22-23-35(28-38(31)33)44-49-43(34-20-18-32(30-48)19-21-34)50-45(51-44)36-24-25-40-42(29-36)52-41-17-8-7-16-39(41)47(40,37-14-5-3-6-15-37)46(2)26-9-4-10-27-46/h3-11,13-26,28-29,31H,12,27H2,1-2H3. The maximum absolute atomic E-state index is 9.45. The minimum Gasteiger partial charge on any atom is -0.457 e. The molecule has 3 unspecified atom stereocenters. The lowest BCUT2D eigenvalue weighted by Gasteiger charge is -2.52. The van der Waals surface area contributed by atoms with Crippen LogP contribution in [0, 0.1) is 16.7 Å². The molecule has 0 saturated heterocycles. The van der Waals surface area contributed by atoms with Gasteiger partial charge >= 0.3 is 0 Å². The number of rotatable bonds is 5. The van der Waals surface area contributed by atoms with Crippen molar-refractivity contribution in [3.8, 4) is 51.7 Å². The van der Waals surface area contributed by atoms with Gasteiger partial charge in [-0.1, -0.05) is 123 Å². The van der Waals surface area contributed by atoms with Crippen LogP contribution in [0.25, 0.3) is 40.2 Å². The van der Waals surface area contributed by atoms with E-state index in [0.29, 0.717) is 29.0 Å². The van der Waals surface area contributed by atoms with Crippen molar-refractivity contribution in [1.82, 2.24) is 15.0 Å². The molecule has 2 heterocycles. The molecule has 5 heteroatoms. The Morgan fingerprint density at radius 3 is 2.12 bits per heavy atom. The maximum atomic E-state index is 9.45. The molecule has 3 aliphatic rings. The van der Waals surface area contributed by atoms with Crippen LogP contribution in [0.15, 0.2) is 146 Å². The van der Waals surface area contributed by atoms with E-state index >= 15 is 0 Å². The van der Waals surface area contributed by atoms with Gasteiger partial charge in [-0.25, -0.2) is 15.0 Å². The van der Waals surface area contributed by atoms with Gasteiger partial charge in [0.2, 0.25) is 0 Å². The second kappa shape index (κ2) is 12.4. The SMILES string of the molecule is CC1CC=Cc2ccc(-c3nc(-c4ccc(C#N)cc4)nc(-c4ccc5c(c4)Oc4ccccc4C5(c4ccccc4)C4(C)C=CC=CC4)n3)cc21. The zero-order valence-electron chi connectivity index (χ0n) is 29.1. The van der Waals surface area contributed by atoms with E-state index in [1.807, 2.05) is 18.2 Å². The predicted octanol–water partition coefficient (Wildman–Crippen LogP) is 11.2. The highest BCUT2D eigenvalue weighted by Gasteiger charge is 2.54. The van der Waals surface area contributed by atoms with Crippen LogP contribution in [-0.2, 0) is 5.41 Å². The number of para-hydroxylation sites is 1. The van der Waals surface area contributed by atoms with E-state index in [4.69, 9.17) is 19.7 Å². The second-order valence-corrected chi connectivity index (χ2v) is 14.2. The second-order valence-electron chi connectivity index (χ2n) is 14.2. The summed E-state index contributed by atoms with van der Waals surface area (Å²) in [6, 6.07) is 41.8. The van der Waals surface area contributed by atoms with Crippen molar-refractivity contribution < 1.29 is 4.74 Å². The Labute approximate surface area is 304 Å². The fourth-order valence-corrected chi connectivity index (χ4v) is 8.41. The first-order valence-corrected chi connectivity index (χ1v) is 17.9. The number of allylic oxidation sites excluding steroid dienone is 5. The molecular formula is C47H36N4O. The molecule has 2 aliphatic carbocycles. The molecule has 0 amide bonds. The molecule has 6 aromatic rings. The lowest BCUT2D eigenvalue weighted by atomic mass is 9.51. The molecule has 0 fully saturated rings. The van der Waals surface area contributed by atoms with Crippen LogP contribution in [0.3, 0.4) is 0 Å². The zero-order valence-corrected chi connectivity index (χ0v) is 29.1. The Bertz CT molecular complexity index is 2490. The van der Waals surface area contributed by atoms with E-state index < -0.39 is 5.41 Å². The Kier molecular flexibility index (Phi) is 7.56. The lowest BCUT2D eigenvalue weighted by molar-refractivity contribution is 0.261. The number of fused-ring (bicyclic) bond motifs is 3. The van der Waals surface area contributed by atoms with Gasteiger partial charge in [0, 0.05) is 33.2 Å².